The summed E-state index contributed by atoms with van der Waals surface area (Å²) in [5, 5.41) is 14.1. The minimum absolute atomic E-state index is 0.176. The quantitative estimate of drug-likeness (QED) is 0.677. The van der Waals surface area contributed by atoms with Gasteiger partial charge in [0.1, 0.15) is 0 Å². The van der Waals surface area contributed by atoms with Gasteiger partial charge in [-0.05, 0) is 30.8 Å². The molecule has 18 heavy (non-hydrogen) atoms. The topological polar surface area (TPSA) is 49.3 Å². The van der Waals surface area contributed by atoms with Crippen molar-refractivity contribution in [2.75, 3.05) is 13.1 Å². The molecule has 1 aromatic rings. The second-order valence-electron chi connectivity index (χ2n) is 5.24. The van der Waals surface area contributed by atoms with Crippen molar-refractivity contribution in [3.05, 3.63) is 22.4 Å². The molecule has 0 aromatic carbocycles. The smallest absolute Gasteiger partial charge is 0.303 e. The van der Waals surface area contributed by atoms with Crippen molar-refractivity contribution in [2.24, 2.45) is 0 Å². The van der Waals surface area contributed by atoms with E-state index in [-0.39, 0.29) is 5.41 Å². The minimum atomic E-state index is -0.693. The number of hydrogen-bond acceptors (Lipinski definition) is 3. The lowest BCUT2D eigenvalue weighted by atomic mass is 9.91. The molecule has 102 valence electrons. The molecule has 4 heteroatoms. The third-order valence-electron chi connectivity index (χ3n) is 3.00. The zero-order chi connectivity index (χ0) is 13.4. The molecule has 0 aliphatic heterocycles. The van der Waals surface area contributed by atoms with E-state index in [4.69, 9.17) is 5.11 Å². The van der Waals surface area contributed by atoms with Crippen LogP contribution in [-0.2, 0) is 10.2 Å². The average Bonchev–Trinajstić information content (AvgIpc) is 2.81. The van der Waals surface area contributed by atoms with Gasteiger partial charge in [0.05, 0.1) is 0 Å². The van der Waals surface area contributed by atoms with Crippen LogP contribution in [-0.4, -0.2) is 24.2 Å². The molecule has 0 spiro atoms. The summed E-state index contributed by atoms with van der Waals surface area (Å²) in [6.07, 6.45) is 3.11. The maximum atomic E-state index is 10.3. The Balaban J connectivity index is 2.09. The number of carboxylic acids is 1. The highest BCUT2D eigenvalue weighted by Crippen LogP contribution is 2.26. The molecule has 0 saturated carbocycles. The lowest BCUT2D eigenvalue weighted by Crippen LogP contribution is -2.32. The van der Waals surface area contributed by atoms with Crippen molar-refractivity contribution >= 4 is 17.3 Å². The number of unbranched alkanes of at least 4 members (excludes halogenated alkanes) is 2. The van der Waals surface area contributed by atoms with Crippen LogP contribution in [0.4, 0.5) is 0 Å². The predicted molar refractivity (Wildman–Crippen MR) is 76.3 cm³/mol. The van der Waals surface area contributed by atoms with Gasteiger partial charge in [-0.2, -0.15) is 0 Å². The first-order valence-corrected chi connectivity index (χ1v) is 7.37. The summed E-state index contributed by atoms with van der Waals surface area (Å²) in [6, 6.07) is 4.27. The van der Waals surface area contributed by atoms with Gasteiger partial charge in [-0.1, -0.05) is 26.3 Å². The van der Waals surface area contributed by atoms with E-state index < -0.39 is 5.97 Å². The van der Waals surface area contributed by atoms with E-state index in [2.05, 4.69) is 36.7 Å². The Morgan fingerprint density at radius 2 is 2.17 bits per heavy atom. The molecule has 1 heterocycles. The summed E-state index contributed by atoms with van der Waals surface area (Å²) in [4.78, 5) is 11.7. The van der Waals surface area contributed by atoms with E-state index in [1.165, 1.54) is 4.88 Å². The zero-order valence-electron chi connectivity index (χ0n) is 11.2. The van der Waals surface area contributed by atoms with Crippen LogP contribution < -0.4 is 5.32 Å². The highest BCUT2D eigenvalue weighted by atomic mass is 32.1. The molecule has 2 N–H and O–H groups in total. The number of aliphatic carboxylic acids is 1. The highest BCUT2D eigenvalue weighted by molar-refractivity contribution is 7.10. The summed E-state index contributed by atoms with van der Waals surface area (Å²) < 4.78 is 0. The molecule has 0 radical (unpaired) electrons. The Labute approximate surface area is 113 Å². The molecular weight excluding hydrogens is 246 g/mol. The minimum Gasteiger partial charge on any atom is -0.481 e. The largest absolute Gasteiger partial charge is 0.481 e. The molecule has 0 atom stereocenters. The van der Waals surface area contributed by atoms with E-state index in [0.29, 0.717) is 6.42 Å². The van der Waals surface area contributed by atoms with Crippen LogP contribution in [0.2, 0.25) is 0 Å². The molecule has 3 nitrogen and oxygen atoms in total. The predicted octanol–water partition coefficient (Wildman–Crippen LogP) is 3.26. The Morgan fingerprint density at radius 1 is 1.39 bits per heavy atom. The number of nitrogens with one attached hydrogen (secondary N) is 1. The standard InChI is InChI=1S/C14H23NO2S/c1-14(2,12-7-6-10-18-12)11-15-9-5-3-4-8-13(16)17/h6-7,10,15H,3-5,8-9,11H2,1-2H3,(H,16,17). The van der Waals surface area contributed by atoms with Gasteiger partial charge in [0.25, 0.3) is 0 Å². The summed E-state index contributed by atoms with van der Waals surface area (Å²) in [7, 11) is 0. The fourth-order valence-electron chi connectivity index (χ4n) is 1.85. The van der Waals surface area contributed by atoms with Crippen molar-refractivity contribution < 1.29 is 9.90 Å². The number of hydrogen-bond donors (Lipinski definition) is 2. The maximum Gasteiger partial charge on any atom is 0.303 e. The van der Waals surface area contributed by atoms with Crippen LogP contribution in [0.3, 0.4) is 0 Å². The fraction of sp³-hybridized carbons (Fsp3) is 0.643. The van der Waals surface area contributed by atoms with Crippen LogP contribution in [0.15, 0.2) is 17.5 Å². The monoisotopic (exact) mass is 269 g/mol. The molecular formula is C14H23NO2S. The molecule has 1 rings (SSSR count). The Bertz CT molecular complexity index is 347. The van der Waals surface area contributed by atoms with Gasteiger partial charge in [0.2, 0.25) is 0 Å². The SMILES string of the molecule is CC(C)(CNCCCCCC(=O)O)c1cccs1. The number of carboxylic acid groups (broad SMARTS) is 1. The van der Waals surface area contributed by atoms with E-state index >= 15 is 0 Å². The van der Waals surface area contributed by atoms with Gasteiger partial charge in [-0.15, -0.1) is 11.3 Å². The van der Waals surface area contributed by atoms with Crippen molar-refractivity contribution in [1.29, 1.82) is 0 Å². The van der Waals surface area contributed by atoms with Crippen LogP contribution in [0.5, 0.6) is 0 Å². The Morgan fingerprint density at radius 3 is 2.78 bits per heavy atom. The maximum absolute atomic E-state index is 10.3. The molecule has 1 aromatic heterocycles. The van der Waals surface area contributed by atoms with Crippen molar-refractivity contribution in [3.63, 3.8) is 0 Å². The molecule has 0 amide bonds. The van der Waals surface area contributed by atoms with Gasteiger partial charge >= 0.3 is 5.97 Å². The number of thiophene rings is 1. The normalized spacial score (nSPS) is 11.7. The van der Waals surface area contributed by atoms with Gasteiger partial charge in [-0.25, -0.2) is 0 Å². The summed E-state index contributed by atoms with van der Waals surface area (Å²) >= 11 is 1.80. The average molecular weight is 269 g/mol. The second kappa shape index (κ2) is 7.54. The van der Waals surface area contributed by atoms with E-state index in [1.54, 1.807) is 11.3 Å². The lowest BCUT2D eigenvalue weighted by molar-refractivity contribution is -0.137. The first kappa shape index (κ1) is 15.2. The van der Waals surface area contributed by atoms with E-state index in [1.807, 2.05) is 0 Å². The number of carbonyl (C=O) groups is 1. The van der Waals surface area contributed by atoms with E-state index in [9.17, 15) is 4.79 Å². The Hall–Kier alpha value is -0.870. The van der Waals surface area contributed by atoms with Crippen LogP contribution in [0, 0.1) is 0 Å². The molecule has 0 fully saturated rings. The summed E-state index contributed by atoms with van der Waals surface area (Å²) in [6.45, 7) is 6.42. The van der Waals surface area contributed by atoms with Crippen LogP contribution >= 0.6 is 11.3 Å². The van der Waals surface area contributed by atoms with Crippen LogP contribution in [0.25, 0.3) is 0 Å². The summed E-state index contributed by atoms with van der Waals surface area (Å²) in [5.74, 6) is -0.693. The third-order valence-corrected chi connectivity index (χ3v) is 4.24. The van der Waals surface area contributed by atoms with Gasteiger partial charge in [0, 0.05) is 23.3 Å². The van der Waals surface area contributed by atoms with Gasteiger partial charge in [0.15, 0.2) is 0 Å². The second-order valence-corrected chi connectivity index (χ2v) is 6.19. The lowest BCUT2D eigenvalue weighted by Gasteiger charge is -2.23. The van der Waals surface area contributed by atoms with Gasteiger partial charge in [-0.3, -0.25) is 4.79 Å². The van der Waals surface area contributed by atoms with Crippen molar-refractivity contribution in [1.82, 2.24) is 5.32 Å². The first-order chi connectivity index (χ1) is 8.52. The van der Waals surface area contributed by atoms with Crippen molar-refractivity contribution in [3.8, 4) is 0 Å². The molecule has 0 aliphatic rings. The first-order valence-electron chi connectivity index (χ1n) is 6.49. The fourth-order valence-corrected chi connectivity index (χ4v) is 2.71. The molecule has 0 bridgehead atoms. The summed E-state index contributed by atoms with van der Waals surface area (Å²) in [5.41, 5.74) is 0.176. The highest BCUT2D eigenvalue weighted by Gasteiger charge is 2.20. The third kappa shape index (κ3) is 5.65. The van der Waals surface area contributed by atoms with E-state index in [0.717, 1.165) is 32.4 Å². The van der Waals surface area contributed by atoms with Crippen molar-refractivity contribution in [2.45, 2.75) is 44.9 Å². The van der Waals surface area contributed by atoms with Gasteiger partial charge < -0.3 is 10.4 Å². The molecule has 0 unspecified atom stereocenters. The number of rotatable bonds is 9. The zero-order valence-corrected chi connectivity index (χ0v) is 12.1. The Kier molecular flexibility index (Phi) is 6.36. The van der Waals surface area contributed by atoms with Crippen LogP contribution in [0.1, 0.15) is 44.4 Å². The molecule has 0 saturated heterocycles. The molecule has 0 aliphatic carbocycles.